The summed E-state index contributed by atoms with van der Waals surface area (Å²) in [4.78, 5) is 10.7. The van der Waals surface area contributed by atoms with E-state index in [1.54, 1.807) is 11.8 Å². The Morgan fingerprint density at radius 1 is 0.667 bits per heavy atom. The molecule has 0 N–H and O–H groups in total. The standard InChI is InChI=1S/C45H42N2O2S2/c1-35(37-24-28-43(29-25-37)51-42-20-12-5-13-21-42)46-49-31-30-48-41-26-22-36(23-27-41)32-44-33-47(34-50-44)45(38-14-6-2-7-15-38,39-16-8-3-9-17-39)40-18-10-4-11-19-40/h2-29,44H,30-34H2,1H3. The smallest absolute Gasteiger partial charge is 0.151 e. The molecule has 1 heterocycles. The first-order valence-corrected chi connectivity index (χ1v) is 19.3. The topological polar surface area (TPSA) is 34.1 Å². The van der Waals surface area contributed by atoms with Crippen molar-refractivity contribution in [2.24, 2.45) is 5.16 Å². The lowest BCUT2D eigenvalue weighted by molar-refractivity contribution is 0.107. The van der Waals surface area contributed by atoms with E-state index in [0.717, 1.165) is 35.9 Å². The fourth-order valence-corrected chi connectivity index (χ4v) is 8.88. The van der Waals surface area contributed by atoms with Crippen LogP contribution in [0.25, 0.3) is 0 Å². The zero-order valence-electron chi connectivity index (χ0n) is 28.8. The third-order valence-electron chi connectivity index (χ3n) is 9.22. The van der Waals surface area contributed by atoms with Gasteiger partial charge < -0.3 is 9.57 Å². The predicted molar refractivity (Wildman–Crippen MR) is 213 cm³/mol. The number of hydrogen-bond donors (Lipinski definition) is 0. The normalized spacial score (nSPS) is 15.1. The van der Waals surface area contributed by atoms with Crippen molar-refractivity contribution in [3.63, 3.8) is 0 Å². The van der Waals surface area contributed by atoms with Crippen LogP contribution in [0.15, 0.2) is 185 Å². The van der Waals surface area contributed by atoms with Gasteiger partial charge in [-0.2, -0.15) is 0 Å². The van der Waals surface area contributed by atoms with E-state index >= 15 is 0 Å². The second-order valence-corrected chi connectivity index (χ2v) is 15.0. The van der Waals surface area contributed by atoms with E-state index in [0.29, 0.717) is 18.5 Å². The second kappa shape index (κ2) is 17.0. The van der Waals surface area contributed by atoms with Crippen LogP contribution in [-0.2, 0) is 16.8 Å². The molecule has 1 aliphatic rings. The van der Waals surface area contributed by atoms with Gasteiger partial charge in [-0.05, 0) is 77.6 Å². The molecule has 51 heavy (non-hydrogen) atoms. The summed E-state index contributed by atoms with van der Waals surface area (Å²) < 4.78 is 5.99. The molecule has 0 radical (unpaired) electrons. The Hall–Kier alpha value is -4.75. The van der Waals surface area contributed by atoms with Gasteiger partial charge in [0.05, 0.1) is 11.3 Å². The predicted octanol–water partition coefficient (Wildman–Crippen LogP) is 10.6. The Bertz CT molecular complexity index is 1880. The SMILES string of the molecule is CC(=NOCCOc1ccc(CC2CN(C(c3ccccc3)(c3ccccc3)c3ccccc3)CS2)cc1)c1ccc(Sc2ccccc2)cc1. The van der Waals surface area contributed by atoms with Crippen LogP contribution in [0.4, 0.5) is 0 Å². The summed E-state index contributed by atoms with van der Waals surface area (Å²) in [5.74, 6) is 1.79. The first kappa shape index (κ1) is 34.7. The third kappa shape index (κ3) is 8.42. The maximum Gasteiger partial charge on any atom is 0.151 e. The van der Waals surface area contributed by atoms with E-state index in [1.165, 1.54) is 32.0 Å². The van der Waals surface area contributed by atoms with Crippen molar-refractivity contribution in [2.45, 2.75) is 33.9 Å². The summed E-state index contributed by atoms with van der Waals surface area (Å²) in [5, 5.41) is 4.79. The quantitative estimate of drug-likeness (QED) is 0.0488. The number of benzene rings is 6. The lowest BCUT2D eigenvalue weighted by Gasteiger charge is -2.43. The Balaban J connectivity index is 0.930. The van der Waals surface area contributed by atoms with Crippen molar-refractivity contribution >= 4 is 29.2 Å². The van der Waals surface area contributed by atoms with Crippen molar-refractivity contribution in [1.82, 2.24) is 4.90 Å². The van der Waals surface area contributed by atoms with Crippen molar-refractivity contribution in [3.05, 3.63) is 198 Å². The van der Waals surface area contributed by atoms with Crippen LogP contribution in [-0.4, -0.2) is 41.5 Å². The molecule has 0 spiro atoms. The van der Waals surface area contributed by atoms with Gasteiger partial charge in [0.2, 0.25) is 0 Å². The molecule has 0 aromatic heterocycles. The Morgan fingerprint density at radius 3 is 1.76 bits per heavy atom. The fourth-order valence-electron chi connectivity index (χ4n) is 6.76. The molecule has 1 atom stereocenters. The first-order valence-electron chi connectivity index (χ1n) is 17.4. The van der Waals surface area contributed by atoms with Gasteiger partial charge in [0.15, 0.2) is 6.61 Å². The van der Waals surface area contributed by atoms with E-state index in [1.807, 2.05) is 24.8 Å². The molecule has 0 aliphatic carbocycles. The van der Waals surface area contributed by atoms with Crippen molar-refractivity contribution in [2.75, 3.05) is 25.6 Å². The molecule has 4 nitrogen and oxygen atoms in total. The Labute approximate surface area is 310 Å². The molecule has 1 fully saturated rings. The van der Waals surface area contributed by atoms with Crippen LogP contribution >= 0.6 is 23.5 Å². The van der Waals surface area contributed by atoms with Crippen molar-refractivity contribution in [1.29, 1.82) is 0 Å². The summed E-state index contributed by atoms with van der Waals surface area (Å²) in [6.45, 7) is 3.75. The van der Waals surface area contributed by atoms with Gasteiger partial charge in [0, 0.05) is 27.5 Å². The summed E-state index contributed by atoms with van der Waals surface area (Å²) in [7, 11) is 0. The Morgan fingerprint density at radius 2 is 1.20 bits per heavy atom. The highest BCUT2D eigenvalue weighted by molar-refractivity contribution is 8.00. The zero-order chi connectivity index (χ0) is 34.7. The molecule has 0 bridgehead atoms. The van der Waals surface area contributed by atoms with Gasteiger partial charge >= 0.3 is 0 Å². The summed E-state index contributed by atoms with van der Waals surface area (Å²) in [5.41, 5.74) is 6.70. The number of oxime groups is 1. The molecular formula is C45H42N2O2S2. The first-order chi connectivity index (χ1) is 25.2. The second-order valence-electron chi connectivity index (χ2n) is 12.6. The minimum Gasteiger partial charge on any atom is -0.490 e. The molecule has 6 aromatic carbocycles. The van der Waals surface area contributed by atoms with Crippen LogP contribution in [0.5, 0.6) is 5.75 Å². The van der Waals surface area contributed by atoms with E-state index in [9.17, 15) is 0 Å². The number of hydrogen-bond acceptors (Lipinski definition) is 6. The third-order valence-corrected chi connectivity index (χ3v) is 11.5. The van der Waals surface area contributed by atoms with Crippen molar-refractivity contribution in [3.8, 4) is 5.75 Å². The average Bonchev–Trinajstić information content (AvgIpc) is 3.66. The van der Waals surface area contributed by atoms with Crippen LogP contribution < -0.4 is 4.74 Å². The molecule has 7 rings (SSSR count). The monoisotopic (exact) mass is 706 g/mol. The fraction of sp³-hybridized carbons (Fsp3) is 0.178. The van der Waals surface area contributed by atoms with Gasteiger partial charge in [-0.3, -0.25) is 4.90 Å². The van der Waals surface area contributed by atoms with E-state index in [4.69, 9.17) is 9.57 Å². The van der Waals surface area contributed by atoms with Crippen LogP contribution in [0.1, 0.15) is 34.7 Å². The Kier molecular flexibility index (Phi) is 11.5. The molecule has 0 saturated carbocycles. The van der Waals surface area contributed by atoms with Gasteiger partial charge in [0.25, 0.3) is 0 Å². The number of rotatable bonds is 14. The highest BCUT2D eigenvalue weighted by atomic mass is 32.2. The lowest BCUT2D eigenvalue weighted by atomic mass is 9.75. The van der Waals surface area contributed by atoms with E-state index in [-0.39, 0.29) is 5.54 Å². The van der Waals surface area contributed by atoms with E-state index < -0.39 is 0 Å². The van der Waals surface area contributed by atoms with Crippen molar-refractivity contribution < 1.29 is 9.57 Å². The molecule has 0 amide bonds. The highest BCUT2D eigenvalue weighted by Crippen LogP contribution is 2.46. The van der Waals surface area contributed by atoms with Gasteiger partial charge in [-0.15, -0.1) is 11.8 Å². The maximum absolute atomic E-state index is 5.99. The van der Waals surface area contributed by atoms with Crippen LogP contribution in [0.3, 0.4) is 0 Å². The minimum atomic E-state index is -0.375. The van der Waals surface area contributed by atoms with Gasteiger partial charge in [-0.1, -0.05) is 150 Å². The summed E-state index contributed by atoms with van der Waals surface area (Å²) in [6, 6.07) is 60.3. The molecule has 6 heteroatoms. The number of thioether (sulfide) groups is 1. The maximum atomic E-state index is 5.99. The highest BCUT2D eigenvalue weighted by Gasteiger charge is 2.45. The molecule has 6 aromatic rings. The molecule has 1 unspecified atom stereocenters. The molecule has 256 valence electrons. The molecule has 1 saturated heterocycles. The largest absolute Gasteiger partial charge is 0.490 e. The number of ether oxygens (including phenoxy) is 1. The van der Waals surface area contributed by atoms with Crippen LogP contribution in [0, 0.1) is 0 Å². The number of nitrogens with zero attached hydrogens (tertiary/aromatic N) is 2. The summed E-state index contributed by atoms with van der Waals surface area (Å²) >= 11 is 3.79. The minimum absolute atomic E-state index is 0.375. The average molecular weight is 707 g/mol. The lowest BCUT2D eigenvalue weighted by Crippen LogP contribution is -2.47. The van der Waals surface area contributed by atoms with Gasteiger partial charge in [-0.25, -0.2) is 0 Å². The zero-order valence-corrected chi connectivity index (χ0v) is 30.4. The summed E-state index contributed by atoms with van der Waals surface area (Å²) in [6.07, 6.45) is 0.999. The molecule has 1 aliphatic heterocycles. The van der Waals surface area contributed by atoms with Crippen LogP contribution in [0.2, 0.25) is 0 Å². The van der Waals surface area contributed by atoms with E-state index in [2.05, 4.69) is 174 Å². The molecular weight excluding hydrogens is 665 g/mol. The van der Waals surface area contributed by atoms with Gasteiger partial charge in [0.1, 0.15) is 12.4 Å².